The van der Waals surface area contributed by atoms with Gasteiger partial charge in [0.05, 0.1) is 22.3 Å². The number of aliphatic hydroxyl groups is 1. The molecule has 1 heterocycles. The quantitative estimate of drug-likeness (QED) is 0.480. The van der Waals surface area contributed by atoms with Gasteiger partial charge in [-0.3, -0.25) is 4.90 Å². The summed E-state index contributed by atoms with van der Waals surface area (Å²) in [7, 11) is -3.85. The molecule has 0 bridgehead atoms. The predicted molar refractivity (Wildman–Crippen MR) is 109 cm³/mol. The first-order valence-corrected chi connectivity index (χ1v) is 12.2. The number of hydrogen-bond acceptors (Lipinski definition) is 6. The smallest absolute Gasteiger partial charge is 0.410 e. The Labute approximate surface area is 181 Å². The summed E-state index contributed by atoms with van der Waals surface area (Å²) in [6.07, 6.45) is 3.31. The molecule has 1 aliphatic carbocycles. The van der Waals surface area contributed by atoms with E-state index in [9.17, 15) is 18.3 Å². The predicted octanol–water partition coefficient (Wildman–Crippen LogP) is 4.12. The third kappa shape index (κ3) is 5.98. The number of ether oxygens (including phenoxy) is 1. The van der Waals surface area contributed by atoms with Gasteiger partial charge in [0.2, 0.25) is 0 Å². The maximum Gasteiger partial charge on any atom is 0.410 e. The van der Waals surface area contributed by atoms with Crippen molar-refractivity contribution in [3.8, 4) is 0 Å². The van der Waals surface area contributed by atoms with E-state index in [0.717, 1.165) is 31.9 Å². The molecule has 10 heteroatoms. The van der Waals surface area contributed by atoms with Crippen LogP contribution in [0.3, 0.4) is 0 Å². The number of halogens is 2. The molecular formula is C19H25Cl2NO6S. The Morgan fingerprint density at radius 1 is 1.24 bits per heavy atom. The van der Waals surface area contributed by atoms with Crippen molar-refractivity contribution in [3.05, 3.63) is 33.8 Å². The van der Waals surface area contributed by atoms with Crippen LogP contribution in [0.15, 0.2) is 18.2 Å². The summed E-state index contributed by atoms with van der Waals surface area (Å²) in [5.74, 6) is 0.373. The zero-order valence-electron chi connectivity index (χ0n) is 16.1. The van der Waals surface area contributed by atoms with Crippen LogP contribution in [-0.4, -0.2) is 49.7 Å². The van der Waals surface area contributed by atoms with Crippen LogP contribution in [0.5, 0.6) is 0 Å². The van der Waals surface area contributed by atoms with Gasteiger partial charge in [0.25, 0.3) is 10.1 Å². The van der Waals surface area contributed by atoms with Gasteiger partial charge in [-0.15, -0.1) is 0 Å². The Bertz CT molecular complexity index is 843. The molecule has 1 saturated carbocycles. The molecule has 29 heavy (non-hydrogen) atoms. The van der Waals surface area contributed by atoms with Crippen molar-refractivity contribution in [2.45, 2.75) is 57.0 Å². The molecule has 3 rings (SSSR count). The first kappa shape index (κ1) is 22.6. The van der Waals surface area contributed by atoms with E-state index in [0.29, 0.717) is 28.1 Å². The number of carbonyl (C=O) groups is 1. The average molecular weight is 466 g/mol. The fraction of sp³-hybridized carbons (Fsp3) is 0.632. The summed E-state index contributed by atoms with van der Waals surface area (Å²) in [4.78, 5) is 14.3. The Kier molecular flexibility index (Phi) is 7.32. The van der Waals surface area contributed by atoms with Crippen molar-refractivity contribution in [3.63, 3.8) is 0 Å². The number of carbonyl (C=O) groups excluding carboxylic acids is 1. The van der Waals surface area contributed by atoms with E-state index in [-0.39, 0.29) is 6.42 Å². The van der Waals surface area contributed by atoms with Crippen LogP contribution in [0.1, 0.15) is 50.1 Å². The van der Waals surface area contributed by atoms with Crippen LogP contribution in [0.2, 0.25) is 10.0 Å². The molecule has 1 N–H and O–H groups in total. The molecule has 3 atom stereocenters. The molecule has 0 aromatic heterocycles. The first-order valence-electron chi connectivity index (χ1n) is 9.62. The molecule has 2 aliphatic rings. The largest absolute Gasteiger partial charge is 0.443 e. The number of nitrogens with zero attached hydrogens (tertiary/aromatic N) is 1. The highest BCUT2D eigenvalue weighted by atomic mass is 35.5. The summed E-state index contributed by atoms with van der Waals surface area (Å²) < 4.78 is 32.7. The summed E-state index contributed by atoms with van der Waals surface area (Å²) in [6, 6.07) is 4.53. The van der Waals surface area contributed by atoms with E-state index in [1.165, 1.54) is 6.42 Å². The lowest BCUT2D eigenvalue weighted by molar-refractivity contribution is -0.0452. The van der Waals surface area contributed by atoms with Crippen LogP contribution < -0.4 is 0 Å². The van der Waals surface area contributed by atoms with Crippen molar-refractivity contribution < 1.29 is 27.2 Å². The highest BCUT2D eigenvalue weighted by molar-refractivity contribution is 7.86. The summed E-state index contributed by atoms with van der Waals surface area (Å²) in [5.41, 5.74) is 0.706. The molecule has 7 nitrogen and oxygen atoms in total. The molecule has 1 saturated heterocycles. The number of cyclic esters (lactones) is 1. The van der Waals surface area contributed by atoms with Gasteiger partial charge in [-0.05, 0) is 36.5 Å². The van der Waals surface area contributed by atoms with Gasteiger partial charge in [-0.25, -0.2) is 8.98 Å². The fourth-order valence-electron chi connectivity index (χ4n) is 4.12. The van der Waals surface area contributed by atoms with E-state index in [1.54, 1.807) is 23.1 Å². The molecule has 3 unspecified atom stereocenters. The van der Waals surface area contributed by atoms with E-state index >= 15 is 0 Å². The normalized spacial score (nSPS) is 24.6. The molecule has 0 radical (unpaired) electrons. The molecule has 2 fully saturated rings. The molecule has 1 amide bonds. The zero-order chi connectivity index (χ0) is 21.2. The Balaban J connectivity index is 1.85. The molecule has 0 spiro atoms. The van der Waals surface area contributed by atoms with Crippen molar-refractivity contribution in [2.24, 2.45) is 5.92 Å². The maximum atomic E-state index is 12.7. The van der Waals surface area contributed by atoms with Gasteiger partial charge in [-0.2, -0.15) is 8.42 Å². The minimum absolute atomic E-state index is 0.190. The number of benzene rings is 1. The second-order valence-electron chi connectivity index (χ2n) is 7.69. The van der Waals surface area contributed by atoms with E-state index in [2.05, 4.69) is 4.18 Å². The van der Waals surface area contributed by atoms with Crippen LogP contribution in [0.25, 0.3) is 0 Å². The fourth-order valence-corrected chi connectivity index (χ4v) is 4.91. The Morgan fingerprint density at radius 3 is 2.55 bits per heavy atom. The van der Waals surface area contributed by atoms with Gasteiger partial charge in [0, 0.05) is 13.0 Å². The summed E-state index contributed by atoms with van der Waals surface area (Å²) in [6.45, 7) is 0.531. The van der Waals surface area contributed by atoms with E-state index < -0.39 is 34.6 Å². The van der Waals surface area contributed by atoms with Gasteiger partial charge in [-0.1, -0.05) is 48.5 Å². The molecule has 162 valence electrons. The number of aliphatic hydroxyl groups excluding tert-OH is 1. The number of amides is 1. The van der Waals surface area contributed by atoms with Gasteiger partial charge < -0.3 is 9.84 Å². The van der Waals surface area contributed by atoms with Crippen molar-refractivity contribution in [1.82, 2.24) is 4.90 Å². The summed E-state index contributed by atoms with van der Waals surface area (Å²) in [5, 5.41) is 10.8. The molecule has 1 aliphatic heterocycles. The third-order valence-electron chi connectivity index (χ3n) is 5.36. The summed E-state index contributed by atoms with van der Waals surface area (Å²) >= 11 is 12.2. The van der Waals surface area contributed by atoms with Crippen molar-refractivity contribution >= 4 is 39.4 Å². The van der Waals surface area contributed by atoms with Gasteiger partial charge in [0.1, 0.15) is 6.10 Å². The van der Waals surface area contributed by atoms with Crippen LogP contribution in [0, 0.1) is 5.92 Å². The number of rotatable bonds is 7. The molecule has 1 aromatic rings. The van der Waals surface area contributed by atoms with Crippen LogP contribution >= 0.6 is 23.2 Å². The highest BCUT2D eigenvalue weighted by Crippen LogP contribution is 2.39. The second-order valence-corrected chi connectivity index (χ2v) is 10.1. The standard InChI is InChI=1S/C19H25Cl2NO6S/c1-29(25,26)28-17(23)10-16-18(13-7-8-14(20)15(21)9-13)22(19(24)27-16)11-12-5-3-2-4-6-12/h7-9,12,16-18,23H,2-6,10-11H2,1H3. The SMILES string of the molecule is CS(=O)(=O)OC(O)CC1OC(=O)N(CC2CCCCC2)C1c1ccc(Cl)c(Cl)c1. The van der Waals surface area contributed by atoms with E-state index in [1.807, 2.05) is 0 Å². The van der Waals surface area contributed by atoms with E-state index in [4.69, 9.17) is 27.9 Å². The van der Waals surface area contributed by atoms with Crippen LogP contribution in [-0.2, 0) is 19.0 Å². The third-order valence-corrected chi connectivity index (χ3v) is 6.67. The topological polar surface area (TPSA) is 93.1 Å². The average Bonchev–Trinajstić information content (AvgIpc) is 2.91. The van der Waals surface area contributed by atoms with Crippen molar-refractivity contribution in [2.75, 3.05) is 12.8 Å². The highest BCUT2D eigenvalue weighted by Gasteiger charge is 2.44. The Morgan fingerprint density at radius 2 is 1.93 bits per heavy atom. The minimum Gasteiger partial charge on any atom is -0.443 e. The van der Waals surface area contributed by atoms with Crippen molar-refractivity contribution in [1.29, 1.82) is 0 Å². The van der Waals surface area contributed by atoms with Crippen LogP contribution in [0.4, 0.5) is 4.79 Å². The van der Waals surface area contributed by atoms with Gasteiger partial charge >= 0.3 is 6.09 Å². The minimum atomic E-state index is -3.85. The zero-order valence-corrected chi connectivity index (χ0v) is 18.4. The van der Waals surface area contributed by atoms with Gasteiger partial charge in [0.15, 0.2) is 6.29 Å². The first-order chi connectivity index (χ1) is 13.6. The Hall–Kier alpha value is -1.06. The molecular weight excluding hydrogens is 441 g/mol. The lowest BCUT2D eigenvalue weighted by Gasteiger charge is -2.31. The number of hydrogen-bond donors (Lipinski definition) is 1. The maximum absolute atomic E-state index is 12.7. The second kappa shape index (κ2) is 9.39. The lowest BCUT2D eigenvalue weighted by Crippen LogP contribution is -2.35. The lowest BCUT2D eigenvalue weighted by atomic mass is 9.88. The monoisotopic (exact) mass is 465 g/mol. The molecule has 1 aromatic carbocycles.